The maximum Gasteiger partial charge on any atom is 0.418 e. The molecule has 1 aromatic heterocycles. The quantitative estimate of drug-likeness (QED) is 0.771. The number of nitrogens with one attached hydrogen (secondary N) is 3. The van der Waals surface area contributed by atoms with Crippen molar-refractivity contribution in [3.05, 3.63) is 101 Å². The van der Waals surface area contributed by atoms with Crippen molar-refractivity contribution in [1.29, 1.82) is 0 Å². The second kappa shape index (κ2) is 7.87. The molecule has 3 N–H and O–H groups in total. The molecule has 2 aliphatic heterocycles. The second-order valence-corrected chi connectivity index (χ2v) is 7.11. The van der Waals surface area contributed by atoms with Crippen molar-refractivity contribution in [2.45, 2.75) is 18.4 Å². The zero-order valence-electron chi connectivity index (χ0n) is 15.5. The molecule has 2 aliphatic rings. The van der Waals surface area contributed by atoms with Gasteiger partial charge in [-0.1, -0.05) is 41.9 Å². The number of H-pyrrole nitrogens is 1. The van der Waals surface area contributed by atoms with Crippen LogP contribution in [0.15, 0.2) is 84.5 Å². The fraction of sp³-hybridized carbons (Fsp3) is 0.143. The molecule has 2 atom stereocenters. The first-order valence-electron chi connectivity index (χ1n) is 9.09. The lowest BCUT2D eigenvalue weighted by Crippen LogP contribution is -2.43. The van der Waals surface area contributed by atoms with E-state index in [1.807, 2.05) is 0 Å². The third-order valence-electron chi connectivity index (χ3n) is 4.78. The van der Waals surface area contributed by atoms with Crippen LogP contribution in [0, 0.1) is 0 Å². The Labute approximate surface area is 175 Å². The average Bonchev–Trinajstić information content (AvgIpc) is 3.12. The molecule has 2 aromatic rings. The molecular weight excluding hydrogens is 417 g/mol. The van der Waals surface area contributed by atoms with Gasteiger partial charge >= 0.3 is 6.18 Å². The summed E-state index contributed by atoms with van der Waals surface area (Å²) < 4.78 is 41.0. The summed E-state index contributed by atoms with van der Waals surface area (Å²) in [4.78, 5) is 17.2. The molecule has 1 aromatic carbocycles. The highest BCUT2D eigenvalue weighted by Crippen LogP contribution is 2.37. The number of halogens is 4. The summed E-state index contributed by atoms with van der Waals surface area (Å²) in [5, 5.41) is 5.61. The minimum Gasteiger partial charge on any atom is -0.355 e. The molecular formula is C21H17ClF3N4O+. The summed E-state index contributed by atoms with van der Waals surface area (Å²) in [6, 6.07) is 9.21. The third-order valence-corrected chi connectivity index (χ3v) is 5.12. The van der Waals surface area contributed by atoms with Gasteiger partial charge in [0.25, 0.3) is 5.91 Å². The molecule has 2 unspecified atom stereocenters. The number of hydrogen-bond donors (Lipinski definition) is 2. The summed E-state index contributed by atoms with van der Waals surface area (Å²) in [7, 11) is 0. The van der Waals surface area contributed by atoms with E-state index in [1.54, 1.807) is 59.7 Å². The fourth-order valence-corrected chi connectivity index (χ4v) is 3.64. The van der Waals surface area contributed by atoms with E-state index >= 15 is 0 Å². The molecule has 5 nitrogen and oxygen atoms in total. The predicted molar refractivity (Wildman–Crippen MR) is 104 cm³/mol. The van der Waals surface area contributed by atoms with Crippen LogP contribution in [0.25, 0.3) is 0 Å². The SMILES string of the molecule is O=C(NC(c1cccc[nH+]1)C(F)(F)F)C1=C2C=CC=CN2C(c2ccccc2Cl)N1. The molecule has 0 bridgehead atoms. The maximum absolute atomic E-state index is 13.7. The van der Waals surface area contributed by atoms with Crippen LogP contribution in [0.4, 0.5) is 13.2 Å². The Kier molecular flexibility index (Phi) is 5.26. The number of aromatic nitrogens is 1. The van der Waals surface area contributed by atoms with E-state index in [1.165, 1.54) is 18.3 Å². The topological polar surface area (TPSA) is 58.5 Å². The van der Waals surface area contributed by atoms with Crippen molar-refractivity contribution < 1.29 is 22.9 Å². The first-order chi connectivity index (χ1) is 14.4. The number of alkyl halides is 3. The first kappa shape index (κ1) is 20.0. The van der Waals surface area contributed by atoms with Crippen LogP contribution in [0.5, 0.6) is 0 Å². The van der Waals surface area contributed by atoms with Crippen molar-refractivity contribution in [2.24, 2.45) is 0 Å². The fourth-order valence-electron chi connectivity index (χ4n) is 3.41. The number of benzene rings is 1. The van der Waals surface area contributed by atoms with Gasteiger partial charge in [0.1, 0.15) is 11.9 Å². The summed E-state index contributed by atoms with van der Waals surface area (Å²) in [6.45, 7) is 0. The number of nitrogens with zero attached hydrogens (tertiary/aromatic N) is 1. The van der Waals surface area contributed by atoms with E-state index in [-0.39, 0.29) is 11.4 Å². The number of fused-ring (bicyclic) bond motifs is 1. The van der Waals surface area contributed by atoms with Crippen LogP contribution in [0.3, 0.4) is 0 Å². The van der Waals surface area contributed by atoms with Crippen molar-refractivity contribution in [2.75, 3.05) is 0 Å². The molecule has 0 radical (unpaired) electrons. The Balaban J connectivity index is 1.65. The Morgan fingerprint density at radius 3 is 2.63 bits per heavy atom. The van der Waals surface area contributed by atoms with Gasteiger partial charge in [-0.3, -0.25) is 4.79 Å². The second-order valence-electron chi connectivity index (χ2n) is 6.70. The van der Waals surface area contributed by atoms with Gasteiger partial charge in [-0.2, -0.15) is 13.2 Å². The Bertz CT molecular complexity index is 1050. The minimum atomic E-state index is -4.68. The third kappa shape index (κ3) is 3.78. The summed E-state index contributed by atoms with van der Waals surface area (Å²) >= 11 is 6.31. The van der Waals surface area contributed by atoms with Gasteiger partial charge in [0.15, 0.2) is 6.20 Å². The van der Waals surface area contributed by atoms with E-state index < -0.39 is 24.3 Å². The number of hydrogen-bond acceptors (Lipinski definition) is 3. The largest absolute Gasteiger partial charge is 0.418 e. The van der Waals surface area contributed by atoms with E-state index in [9.17, 15) is 18.0 Å². The van der Waals surface area contributed by atoms with Crippen LogP contribution in [-0.4, -0.2) is 17.0 Å². The van der Waals surface area contributed by atoms with Gasteiger partial charge < -0.3 is 15.5 Å². The van der Waals surface area contributed by atoms with E-state index in [2.05, 4.69) is 15.6 Å². The first-order valence-corrected chi connectivity index (χ1v) is 9.46. The van der Waals surface area contributed by atoms with E-state index in [0.717, 1.165) is 0 Å². The smallest absolute Gasteiger partial charge is 0.355 e. The molecule has 3 heterocycles. The molecule has 0 saturated heterocycles. The highest BCUT2D eigenvalue weighted by molar-refractivity contribution is 6.31. The number of aromatic amines is 1. The monoisotopic (exact) mass is 433 g/mol. The molecule has 4 rings (SSSR count). The Morgan fingerprint density at radius 2 is 1.93 bits per heavy atom. The molecule has 0 aliphatic carbocycles. The highest BCUT2D eigenvalue weighted by atomic mass is 35.5. The normalized spacial score (nSPS) is 18.8. The maximum atomic E-state index is 13.7. The lowest BCUT2D eigenvalue weighted by molar-refractivity contribution is -0.401. The number of pyridine rings is 1. The zero-order chi connectivity index (χ0) is 21.3. The van der Waals surface area contributed by atoms with Gasteiger partial charge in [0, 0.05) is 28.9 Å². The summed E-state index contributed by atoms with van der Waals surface area (Å²) in [5.74, 6) is -0.871. The van der Waals surface area contributed by atoms with Crippen molar-refractivity contribution >= 4 is 17.5 Å². The molecule has 9 heteroatoms. The van der Waals surface area contributed by atoms with Gasteiger partial charge in [0.2, 0.25) is 11.7 Å². The Morgan fingerprint density at radius 1 is 1.17 bits per heavy atom. The van der Waals surface area contributed by atoms with Crippen molar-refractivity contribution in [1.82, 2.24) is 15.5 Å². The van der Waals surface area contributed by atoms with Crippen molar-refractivity contribution in [3.8, 4) is 0 Å². The predicted octanol–water partition coefficient (Wildman–Crippen LogP) is 3.77. The van der Waals surface area contributed by atoms with Gasteiger partial charge in [-0.15, -0.1) is 0 Å². The molecule has 0 fully saturated rings. The number of rotatable bonds is 4. The standard InChI is InChI=1S/C21H16ClF3N4O/c22-14-8-2-1-7-13(14)19-27-17(16-10-4-6-12-29(16)19)20(30)28-18(21(23,24)25)15-9-3-5-11-26-15/h1-12,18-19,27H,(H,28,30)/p+1. The van der Waals surface area contributed by atoms with Crippen LogP contribution >= 0.6 is 11.6 Å². The summed E-state index contributed by atoms with van der Waals surface area (Å²) in [6.07, 6.45) is 3.05. The van der Waals surface area contributed by atoms with Crippen LogP contribution in [0.2, 0.25) is 5.02 Å². The van der Waals surface area contributed by atoms with E-state index in [4.69, 9.17) is 11.6 Å². The number of amides is 1. The minimum absolute atomic E-state index is 0.0331. The van der Waals surface area contributed by atoms with Crippen LogP contribution in [-0.2, 0) is 4.79 Å². The van der Waals surface area contributed by atoms with Gasteiger partial charge in [0.05, 0.1) is 5.70 Å². The number of carbonyl (C=O) groups excluding carboxylic acids is 1. The molecule has 0 saturated carbocycles. The lowest BCUT2D eigenvalue weighted by atomic mass is 10.1. The molecule has 154 valence electrons. The van der Waals surface area contributed by atoms with E-state index in [0.29, 0.717) is 16.3 Å². The number of carbonyl (C=O) groups is 1. The lowest BCUT2D eigenvalue weighted by Gasteiger charge is -2.26. The number of allylic oxidation sites excluding steroid dienone is 3. The summed E-state index contributed by atoms with van der Waals surface area (Å²) in [5.41, 5.74) is 1.02. The van der Waals surface area contributed by atoms with Crippen LogP contribution in [0.1, 0.15) is 23.5 Å². The van der Waals surface area contributed by atoms with Gasteiger partial charge in [-0.05, 0) is 18.2 Å². The molecule has 1 amide bonds. The highest BCUT2D eigenvalue weighted by Gasteiger charge is 2.47. The zero-order valence-corrected chi connectivity index (χ0v) is 16.2. The Hall–Kier alpha value is -3.26. The van der Waals surface area contributed by atoms with Crippen LogP contribution < -0.4 is 15.6 Å². The van der Waals surface area contributed by atoms with Crippen molar-refractivity contribution in [3.63, 3.8) is 0 Å². The molecule has 30 heavy (non-hydrogen) atoms. The average molecular weight is 434 g/mol. The molecule has 0 spiro atoms. The van der Waals surface area contributed by atoms with Gasteiger partial charge in [-0.25, -0.2) is 4.98 Å².